The number of benzene rings is 1. The van der Waals surface area contributed by atoms with Crippen LogP contribution in [-0.2, 0) is 0 Å². The summed E-state index contributed by atoms with van der Waals surface area (Å²) in [6.07, 6.45) is 3.81. The van der Waals surface area contributed by atoms with Crippen molar-refractivity contribution in [1.82, 2.24) is 4.98 Å². The Balaban J connectivity index is 2.45. The van der Waals surface area contributed by atoms with Crippen LogP contribution in [0.2, 0.25) is 0 Å². The third kappa shape index (κ3) is 2.90. The molecule has 0 saturated heterocycles. The molecule has 3 nitrogen and oxygen atoms in total. The van der Waals surface area contributed by atoms with E-state index in [1.54, 1.807) is 0 Å². The first-order valence-corrected chi connectivity index (χ1v) is 7.46. The number of fused-ring (bicyclic) bond motifs is 1. The predicted molar refractivity (Wildman–Crippen MR) is 85.4 cm³/mol. The molecular formula is C15H20BrN3. The largest absolute Gasteiger partial charge is 0.377 e. The summed E-state index contributed by atoms with van der Waals surface area (Å²) in [4.78, 5) is 4.52. The number of nitrogens with two attached hydrogens (primary N) is 1. The number of hydrogen-bond acceptors (Lipinski definition) is 3. The second kappa shape index (κ2) is 5.88. The second-order valence-corrected chi connectivity index (χ2v) is 5.76. The Morgan fingerprint density at radius 2 is 2.05 bits per heavy atom. The average molecular weight is 322 g/mol. The summed E-state index contributed by atoms with van der Waals surface area (Å²) in [5, 5.41) is 4.72. The lowest BCUT2D eigenvalue weighted by molar-refractivity contribution is 0.446. The Morgan fingerprint density at radius 1 is 1.32 bits per heavy atom. The minimum atomic E-state index is -0.0525. The fourth-order valence-electron chi connectivity index (χ4n) is 2.29. The van der Waals surface area contributed by atoms with E-state index in [4.69, 9.17) is 5.73 Å². The number of para-hydroxylation sites is 1. The molecule has 2 aromatic rings. The lowest BCUT2D eigenvalue weighted by Gasteiger charge is -2.33. The molecule has 4 heteroatoms. The minimum absolute atomic E-state index is 0.0525. The number of nitrogens with one attached hydrogen (secondary N) is 1. The maximum absolute atomic E-state index is 5.95. The molecule has 0 aliphatic carbocycles. The van der Waals surface area contributed by atoms with E-state index >= 15 is 0 Å². The van der Waals surface area contributed by atoms with Gasteiger partial charge in [0.2, 0.25) is 0 Å². The summed E-state index contributed by atoms with van der Waals surface area (Å²) in [6.45, 7) is 4.95. The van der Waals surface area contributed by atoms with E-state index < -0.39 is 0 Å². The highest BCUT2D eigenvalue weighted by Gasteiger charge is 2.24. The third-order valence-corrected chi connectivity index (χ3v) is 4.26. The van der Waals surface area contributed by atoms with E-state index in [2.05, 4.69) is 58.3 Å². The summed E-state index contributed by atoms with van der Waals surface area (Å²) in [6, 6.07) is 8.26. The zero-order chi connectivity index (χ0) is 13.9. The van der Waals surface area contributed by atoms with Crippen molar-refractivity contribution in [2.45, 2.75) is 32.2 Å². The molecule has 0 amide bonds. The third-order valence-electron chi connectivity index (χ3n) is 3.82. The monoisotopic (exact) mass is 321 g/mol. The number of halogens is 1. The Hall–Kier alpha value is -1.13. The highest BCUT2D eigenvalue weighted by Crippen LogP contribution is 2.28. The molecule has 102 valence electrons. The van der Waals surface area contributed by atoms with Gasteiger partial charge in [-0.25, -0.2) is 0 Å². The van der Waals surface area contributed by atoms with Crippen molar-refractivity contribution in [3.63, 3.8) is 0 Å². The zero-order valence-electron chi connectivity index (χ0n) is 11.4. The van der Waals surface area contributed by atoms with E-state index in [1.165, 1.54) is 0 Å². The van der Waals surface area contributed by atoms with E-state index in [9.17, 15) is 0 Å². The summed E-state index contributed by atoms with van der Waals surface area (Å²) in [7, 11) is 0. The van der Waals surface area contributed by atoms with Gasteiger partial charge in [-0.3, -0.25) is 4.98 Å². The van der Waals surface area contributed by atoms with Crippen molar-refractivity contribution in [1.29, 1.82) is 0 Å². The molecule has 1 aromatic carbocycles. The van der Waals surface area contributed by atoms with Gasteiger partial charge in [0.1, 0.15) is 0 Å². The van der Waals surface area contributed by atoms with Crippen LogP contribution in [0.15, 0.2) is 34.9 Å². The van der Waals surface area contributed by atoms with E-state index in [0.29, 0.717) is 6.54 Å². The number of aromatic nitrogens is 1. The van der Waals surface area contributed by atoms with E-state index in [0.717, 1.165) is 33.9 Å². The van der Waals surface area contributed by atoms with Crippen LogP contribution < -0.4 is 11.1 Å². The maximum Gasteiger partial charge on any atom is 0.0934 e. The second-order valence-electron chi connectivity index (χ2n) is 4.85. The quantitative estimate of drug-likeness (QED) is 0.877. The molecule has 0 spiro atoms. The highest BCUT2D eigenvalue weighted by atomic mass is 79.9. The van der Waals surface area contributed by atoms with Gasteiger partial charge in [-0.15, -0.1) is 0 Å². The van der Waals surface area contributed by atoms with Gasteiger partial charge < -0.3 is 11.1 Å². The van der Waals surface area contributed by atoms with Crippen LogP contribution in [-0.4, -0.2) is 17.1 Å². The number of hydrogen-bond donors (Lipinski definition) is 2. The van der Waals surface area contributed by atoms with Gasteiger partial charge in [0.05, 0.1) is 11.2 Å². The van der Waals surface area contributed by atoms with Crippen molar-refractivity contribution in [3.05, 3.63) is 34.9 Å². The van der Waals surface area contributed by atoms with E-state index in [-0.39, 0.29) is 5.54 Å². The van der Waals surface area contributed by atoms with E-state index in [1.807, 2.05) is 12.3 Å². The fraction of sp³-hybridized carbons (Fsp3) is 0.400. The predicted octanol–water partition coefficient (Wildman–Crippen LogP) is 3.93. The van der Waals surface area contributed by atoms with Crippen LogP contribution in [0.4, 0.5) is 5.69 Å². The smallest absolute Gasteiger partial charge is 0.0934 e. The van der Waals surface area contributed by atoms with Crippen molar-refractivity contribution in [3.8, 4) is 0 Å². The Morgan fingerprint density at radius 3 is 2.68 bits per heavy atom. The van der Waals surface area contributed by atoms with Crippen LogP contribution in [0, 0.1) is 0 Å². The summed E-state index contributed by atoms with van der Waals surface area (Å²) in [5.41, 5.74) is 7.95. The Bertz CT molecular complexity index is 556. The molecule has 0 aliphatic heterocycles. The molecule has 0 fully saturated rings. The van der Waals surface area contributed by atoms with Crippen molar-refractivity contribution in [2.24, 2.45) is 5.73 Å². The van der Waals surface area contributed by atoms with Crippen LogP contribution in [0.3, 0.4) is 0 Å². The van der Waals surface area contributed by atoms with Crippen LogP contribution in [0.25, 0.3) is 10.9 Å². The van der Waals surface area contributed by atoms with Crippen LogP contribution in [0.5, 0.6) is 0 Å². The first kappa shape index (κ1) is 14.3. The molecule has 2 rings (SSSR count). The lowest BCUT2D eigenvalue weighted by Crippen LogP contribution is -2.44. The molecule has 0 radical (unpaired) electrons. The van der Waals surface area contributed by atoms with Gasteiger partial charge in [0.25, 0.3) is 0 Å². The maximum atomic E-state index is 5.95. The molecule has 3 N–H and O–H groups in total. The van der Waals surface area contributed by atoms with Gasteiger partial charge in [-0.2, -0.15) is 0 Å². The van der Waals surface area contributed by atoms with Crippen molar-refractivity contribution < 1.29 is 0 Å². The molecule has 0 atom stereocenters. The molecule has 0 saturated carbocycles. The minimum Gasteiger partial charge on any atom is -0.377 e. The number of rotatable bonds is 5. The first-order valence-electron chi connectivity index (χ1n) is 6.66. The van der Waals surface area contributed by atoms with Crippen molar-refractivity contribution in [2.75, 3.05) is 11.9 Å². The van der Waals surface area contributed by atoms with Gasteiger partial charge in [-0.05, 0) is 40.9 Å². The lowest BCUT2D eigenvalue weighted by atomic mass is 9.92. The highest BCUT2D eigenvalue weighted by molar-refractivity contribution is 9.10. The molecule has 1 aromatic heterocycles. The average Bonchev–Trinajstić information content (AvgIpc) is 2.44. The fourth-order valence-corrected chi connectivity index (χ4v) is 2.64. The van der Waals surface area contributed by atoms with Gasteiger partial charge in [0.15, 0.2) is 0 Å². The van der Waals surface area contributed by atoms with Gasteiger partial charge in [0, 0.05) is 28.1 Å². The number of pyridine rings is 1. The van der Waals surface area contributed by atoms with Gasteiger partial charge in [-0.1, -0.05) is 26.0 Å². The summed E-state index contributed by atoms with van der Waals surface area (Å²) in [5.74, 6) is 0. The molecule has 0 bridgehead atoms. The molecule has 19 heavy (non-hydrogen) atoms. The summed E-state index contributed by atoms with van der Waals surface area (Å²) < 4.78 is 0.994. The first-order chi connectivity index (χ1) is 9.14. The number of nitrogens with zero attached hydrogens (tertiary/aromatic N) is 1. The van der Waals surface area contributed by atoms with Gasteiger partial charge >= 0.3 is 0 Å². The number of anilines is 1. The molecule has 0 unspecified atom stereocenters. The van der Waals surface area contributed by atoms with Crippen molar-refractivity contribution >= 4 is 32.5 Å². The molecule has 1 heterocycles. The molecular weight excluding hydrogens is 302 g/mol. The SMILES string of the molecule is CCC(CC)(CN)Nc1cccc2cc(Br)cnc12. The topological polar surface area (TPSA) is 50.9 Å². The molecule has 0 aliphatic rings. The normalized spacial score (nSPS) is 11.8. The Kier molecular flexibility index (Phi) is 4.42. The standard InChI is InChI=1S/C15H20BrN3/c1-3-15(4-2,10-17)19-13-7-5-6-11-8-12(16)9-18-14(11)13/h5-9,19H,3-4,10,17H2,1-2H3. The van der Waals surface area contributed by atoms with Crippen LogP contribution in [0.1, 0.15) is 26.7 Å². The summed E-state index contributed by atoms with van der Waals surface area (Å²) >= 11 is 3.46. The zero-order valence-corrected chi connectivity index (χ0v) is 13.0. The Labute approximate surface area is 122 Å². The van der Waals surface area contributed by atoms with Crippen LogP contribution >= 0.6 is 15.9 Å².